The quantitative estimate of drug-likeness (QED) is 0.269. The number of ether oxygens (including phenoxy) is 4. The van der Waals surface area contributed by atoms with Gasteiger partial charge in [0.1, 0.15) is 11.8 Å². The molecule has 2 aliphatic heterocycles. The first kappa shape index (κ1) is 32.9. The summed E-state index contributed by atoms with van der Waals surface area (Å²) < 4.78 is 25.1. The second-order valence-electron chi connectivity index (χ2n) is 11.1. The number of hydrogen-bond donors (Lipinski definition) is 3. The molecule has 7 unspecified atom stereocenters. The van der Waals surface area contributed by atoms with Crippen LogP contribution in [0, 0.1) is 17.3 Å². The van der Waals surface area contributed by atoms with E-state index in [4.69, 9.17) is 23.8 Å². The van der Waals surface area contributed by atoms with Crippen LogP contribution < -0.4 is 0 Å². The maximum atomic E-state index is 13.5. The average Bonchev–Trinajstić information content (AvgIpc) is 3.48. The third-order valence-corrected chi connectivity index (χ3v) is 7.89. The minimum atomic E-state index is -0.917. The predicted octanol–water partition coefficient (Wildman–Crippen LogP) is 1.50. The van der Waals surface area contributed by atoms with Gasteiger partial charge in [0, 0.05) is 38.8 Å². The Morgan fingerprint density at radius 2 is 1.86 bits per heavy atom. The highest BCUT2D eigenvalue weighted by atomic mass is 16.7. The number of benzene rings is 1. The SMILES string of the molecule is C=CC1OC(/C=C/c2ccccc2)C(C)(C)C(=O)N1OCn1cc(COC2OC(CCO)C(CO)C(CO)C2OC)nn1. The van der Waals surface area contributed by atoms with E-state index in [1.165, 1.54) is 17.9 Å². The van der Waals surface area contributed by atoms with Crippen molar-refractivity contribution in [2.24, 2.45) is 17.3 Å². The molecular formula is C30H42N4O9. The maximum Gasteiger partial charge on any atom is 0.257 e. The third-order valence-electron chi connectivity index (χ3n) is 7.89. The summed E-state index contributed by atoms with van der Waals surface area (Å²) in [6.07, 6.45) is 3.80. The van der Waals surface area contributed by atoms with Crippen molar-refractivity contribution < 1.29 is 43.9 Å². The highest BCUT2D eigenvalue weighted by Gasteiger charge is 2.48. The van der Waals surface area contributed by atoms with Gasteiger partial charge in [0.15, 0.2) is 19.2 Å². The van der Waals surface area contributed by atoms with Gasteiger partial charge in [0.05, 0.1) is 30.4 Å². The van der Waals surface area contributed by atoms with Crippen LogP contribution in [-0.4, -0.2) is 99.0 Å². The Hall–Kier alpha value is -3.01. The Bertz CT molecular complexity index is 1210. The number of amides is 1. The zero-order valence-electron chi connectivity index (χ0n) is 24.8. The molecule has 236 valence electrons. The number of aromatic nitrogens is 3. The number of rotatable bonds is 14. The van der Waals surface area contributed by atoms with Gasteiger partial charge in [-0.05, 0) is 31.9 Å². The van der Waals surface area contributed by atoms with Gasteiger partial charge in [-0.2, -0.15) is 5.06 Å². The molecule has 0 aliphatic carbocycles. The smallest absolute Gasteiger partial charge is 0.257 e. The van der Waals surface area contributed by atoms with Crippen molar-refractivity contribution in [3.05, 3.63) is 66.5 Å². The van der Waals surface area contributed by atoms with E-state index in [0.29, 0.717) is 5.69 Å². The van der Waals surface area contributed by atoms with E-state index in [2.05, 4.69) is 16.9 Å². The summed E-state index contributed by atoms with van der Waals surface area (Å²) in [6, 6.07) is 9.76. The topological polar surface area (TPSA) is 158 Å². The largest absolute Gasteiger partial charge is 0.396 e. The van der Waals surface area contributed by atoms with Crippen molar-refractivity contribution in [1.29, 1.82) is 0 Å². The van der Waals surface area contributed by atoms with Crippen LogP contribution in [-0.2, 0) is 41.9 Å². The highest BCUT2D eigenvalue weighted by molar-refractivity contribution is 5.83. The fourth-order valence-corrected chi connectivity index (χ4v) is 5.38. The van der Waals surface area contributed by atoms with Gasteiger partial charge in [0.25, 0.3) is 5.91 Å². The first-order chi connectivity index (χ1) is 20.8. The van der Waals surface area contributed by atoms with Crippen LogP contribution in [0.2, 0.25) is 0 Å². The lowest BCUT2D eigenvalue weighted by atomic mass is 9.80. The summed E-state index contributed by atoms with van der Waals surface area (Å²) in [4.78, 5) is 19.3. The second kappa shape index (κ2) is 15.1. The number of hydrogen-bond acceptors (Lipinski definition) is 11. The summed E-state index contributed by atoms with van der Waals surface area (Å²) in [6.45, 7) is 6.67. The maximum absolute atomic E-state index is 13.5. The van der Waals surface area contributed by atoms with Crippen LogP contribution in [0.3, 0.4) is 0 Å². The summed E-state index contributed by atoms with van der Waals surface area (Å²) in [7, 11) is 1.48. The number of aliphatic hydroxyl groups is 3. The van der Waals surface area contributed by atoms with Crippen LogP contribution in [0.1, 0.15) is 31.5 Å². The molecule has 43 heavy (non-hydrogen) atoms. The lowest BCUT2D eigenvalue weighted by Gasteiger charge is -2.45. The highest BCUT2D eigenvalue weighted by Crippen LogP contribution is 2.36. The molecule has 1 amide bonds. The molecular weight excluding hydrogens is 560 g/mol. The van der Waals surface area contributed by atoms with Crippen molar-refractivity contribution in [3.8, 4) is 0 Å². The Balaban J connectivity index is 1.36. The molecule has 0 saturated carbocycles. The van der Waals surface area contributed by atoms with E-state index in [1.807, 2.05) is 42.5 Å². The second-order valence-corrected chi connectivity index (χ2v) is 11.1. The van der Waals surface area contributed by atoms with E-state index in [-0.39, 0.29) is 45.5 Å². The van der Waals surface area contributed by atoms with Crippen molar-refractivity contribution in [2.45, 2.75) is 64.4 Å². The van der Waals surface area contributed by atoms with Crippen LogP contribution in [0.25, 0.3) is 6.08 Å². The molecule has 13 heteroatoms. The molecule has 4 rings (SSSR count). The summed E-state index contributed by atoms with van der Waals surface area (Å²) in [5.74, 6) is -1.14. The third kappa shape index (κ3) is 7.56. The van der Waals surface area contributed by atoms with Crippen LogP contribution in [0.5, 0.6) is 0 Å². The molecule has 0 bridgehead atoms. The van der Waals surface area contributed by atoms with Crippen molar-refractivity contribution in [2.75, 3.05) is 26.9 Å². The van der Waals surface area contributed by atoms with Gasteiger partial charge >= 0.3 is 0 Å². The van der Waals surface area contributed by atoms with E-state index in [9.17, 15) is 20.1 Å². The molecule has 7 atom stereocenters. The number of methoxy groups -OCH3 is 1. The molecule has 3 heterocycles. The number of carbonyl (C=O) groups is 1. The van der Waals surface area contributed by atoms with Crippen molar-refractivity contribution >= 4 is 12.0 Å². The van der Waals surface area contributed by atoms with Crippen molar-refractivity contribution in [3.63, 3.8) is 0 Å². The molecule has 0 radical (unpaired) electrons. The fourth-order valence-electron chi connectivity index (χ4n) is 5.38. The van der Waals surface area contributed by atoms with Gasteiger partial charge < -0.3 is 34.3 Å². The first-order valence-corrected chi connectivity index (χ1v) is 14.3. The number of carbonyl (C=O) groups excluding carboxylic acids is 1. The molecule has 2 fully saturated rings. The van der Waals surface area contributed by atoms with Crippen LogP contribution in [0.15, 0.2) is 55.3 Å². The molecule has 3 N–H and O–H groups in total. The lowest BCUT2D eigenvalue weighted by Crippen LogP contribution is -2.58. The molecule has 2 saturated heterocycles. The molecule has 1 aromatic carbocycles. The summed E-state index contributed by atoms with van der Waals surface area (Å²) in [5.41, 5.74) is 0.535. The van der Waals surface area contributed by atoms with Gasteiger partial charge in [-0.25, -0.2) is 9.52 Å². The Labute approximate surface area is 251 Å². The Kier molecular flexibility index (Phi) is 11.6. The minimum Gasteiger partial charge on any atom is -0.396 e. The zero-order chi connectivity index (χ0) is 31.0. The molecule has 2 aromatic rings. The monoisotopic (exact) mass is 602 g/mol. The van der Waals surface area contributed by atoms with Gasteiger partial charge in [-0.3, -0.25) is 4.79 Å². The van der Waals surface area contributed by atoms with E-state index < -0.39 is 48.1 Å². The normalized spacial score (nSPS) is 29.3. The fraction of sp³-hybridized carbons (Fsp3) is 0.567. The molecule has 0 spiro atoms. The van der Waals surface area contributed by atoms with Gasteiger partial charge in [-0.15, -0.1) is 5.10 Å². The van der Waals surface area contributed by atoms with Crippen LogP contribution in [0.4, 0.5) is 0 Å². The van der Waals surface area contributed by atoms with E-state index in [1.54, 1.807) is 20.0 Å². The predicted molar refractivity (Wildman–Crippen MR) is 153 cm³/mol. The minimum absolute atomic E-state index is 0.00180. The Morgan fingerprint density at radius 3 is 2.51 bits per heavy atom. The summed E-state index contributed by atoms with van der Waals surface area (Å²) >= 11 is 0. The Morgan fingerprint density at radius 1 is 1.12 bits per heavy atom. The molecule has 2 aliphatic rings. The number of aliphatic hydroxyl groups excluding tert-OH is 3. The van der Waals surface area contributed by atoms with Gasteiger partial charge in [-0.1, -0.05) is 54.3 Å². The molecule has 1 aromatic heterocycles. The average molecular weight is 603 g/mol. The number of hydroxylamine groups is 2. The molecule has 13 nitrogen and oxygen atoms in total. The standard InChI is InChI=1S/C30H42N4O9/c1-5-26-34(29(38)30(2,3)25(43-26)12-11-20-9-7-6-8-10-20)41-19-33-15-21(31-32-33)18-40-28-27(39-4)23(17-37)22(16-36)24(42-28)13-14-35/h5-12,15,22-28,35-37H,1,13-14,16-19H2,2-4H3/b12-11+. The summed E-state index contributed by atoms with van der Waals surface area (Å²) in [5, 5.41) is 38.6. The lowest BCUT2D eigenvalue weighted by molar-refractivity contribution is -0.291. The van der Waals surface area contributed by atoms with Gasteiger partial charge in [0.2, 0.25) is 0 Å². The zero-order valence-corrected chi connectivity index (χ0v) is 24.8. The van der Waals surface area contributed by atoms with E-state index in [0.717, 1.165) is 10.6 Å². The van der Waals surface area contributed by atoms with E-state index >= 15 is 0 Å². The van der Waals surface area contributed by atoms with Crippen LogP contribution >= 0.6 is 0 Å². The van der Waals surface area contributed by atoms with Crippen molar-refractivity contribution in [1.82, 2.24) is 20.1 Å². The number of nitrogens with zero attached hydrogens (tertiary/aromatic N) is 4. The first-order valence-electron chi connectivity index (χ1n) is 14.3.